The summed E-state index contributed by atoms with van der Waals surface area (Å²) in [7, 11) is 1.86. The molecule has 0 atom stereocenters. The van der Waals surface area contributed by atoms with E-state index in [1.807, 2.05) is 44.0 Å². The van der Waals surface area contributed by atoms with Crippen LogP contribution in [0.5, 0.6) is 0 Å². The van der Waals surface area contributed by atoms with Crippen LogP contribution in [0.2, 0.25) is 0 Å². The van der Waals surface area contributed by atoms with Crippen molar-refractivity contribution < 1.29 is 14.4 Å². The summed E-state index contributed by atoms with van der Waals surface area (Å²) in [5, 5.41) is 0. The number of carbonyl (C=O) groups excluding carboxylic acids is 3. The van der Waals surface area contributed by atoms with Crippen molar-refractivity contribution >= 4 is 23.4 Å². The van der Waals surface area contributed by atoms with Gasteiger partial charge in [0.05, 0.1) is 16.8 Å². The van der Waals surface area contributed by atoms with Gasteiger partial charge < -0.3 is 4.90 Å². The number of aryl methyl sites for hydroxylation is 2. The van der Waals surface area contributed by atoms with Crippen LogP contribution < -0.4 is 4.90 Å². The van der Waals surface area contributed by atoms with Crippen LogP contribution in [0.1, 0.15) is 87.1 Å². The smallest absolute Gasteiger partial charge is 0.266 e. The van der Waals surface area contributed by atoms with Gasteiger partial charge in [0.15, 0.2) is 0 Å². The maximum absolute atomic E-state index is 13.2. The van der Waals surface area contributed by atoms with Gasteiger partial charge in [-0.1, -0.05) is 44.2 Å². The van der Waals surface area contributed by atoms with Crippen molar-refractivity contribution in [2.75, 3.05) is 11.9 Å². The lowest BCUT2D eigenvalue weighted by atomic mass is 9.95. The van der Waals surface area contributed by atoms with Crippen LogP contribution in [0.3, 0.4) is 0 Å². The molecule has 0 radical (unpaired) electrons. The Hall–Kier alpha value is -2.95. The van der Waals surface area contributed by atoms with E-state index in [1.165, 1.54) is 24.2 Å². The van der Waals surface area contributed by atoms with Crippen molar-refractivity contribution in [2.45, 2.75) is 64.8 Å². The van der Waals surface area contributed by atoms with E-state index in [9.17, 15) is 14.4 Å². The monoisotopic (exact) mass is 418 g/mol. The predicted octanol–water partition coefficient (Wildman–Crippen LogP) is 5.29. The van der Waals surface area contributed by atoms with E-state index in [4.69, 9.17) is 0 Å². The van der Waals surface area contributed by atoms with E-state index in [0.717, 1.165) is 36.8 Å². The molecule has 1 aliphatic carbocycles. The molecule has 0 unspecified atom stereocenters. The zero-order valence-electron chi connectivity index (χ0n) is 18.6. The number of hydrogen-bond donors (Lipinski definition) is 0. The summed E-state index contributed by atoms with van der Waals surface area (Å²) in [5.74, 6) is -0.781. The number of fused-ring (bicyclic) bond motifs is 1. The molecule has 2 aromatic carbocycles. The maximum atomic E-state index is 13.2. The van der Waals surface area contributed by atoms with Gasteiger partial charge in [0.25, 0.3) is 17.7 Å². The van der Waals surface area contributed by atoms with Crippen LogP contribution in [0.15, 0.2) is 36.4 Å². The molecular formula is C26H30N2O3. The molecule has 162 valence electrons. The number of imide groups is 1. The number of carbonyl (C=O) groups is 3. The maximum Gasteiger partial charge on any atom is 0.266 e. The number of amides is 3. The van der Waals surface area contributed by atoms with Crippen molar-refractivity contribution in [1.29, 1.82) is 0 Å². The first kappa shape index (κ1) is 21.3. The van der Waals surface area contributed by atoms with E-state index in [-0.39, 0.29) is 23.8 Å². The topological polar surface area (TPSA) is 57.7 Å². The van der Waals surface area contributed by atoms with Gasteiger partial charge in [0.1, 0.15) is 0 Å². The van der Waals surface area contributed by atoms with Crippen LogP contribution in [-0.2, 0) is 0 Å². The minimum Gasteiger partial charge on any atom is -0.339 e. The minimum absolute atomic E-state index is 0.0844. The average molecular weight is 419 g/mol. The number of hydrogen-bond acceptors (Lipinski definition) is 3. The molecule has 1 heterocycles. The fourth-order valence-electron chi connectivity index (χ4n) is 4.74. The summed E-state index contributed by atoms with van der Waals surface area (Å²) in [6.45, 7) is 3.82. The number of nitrogens with zero attached hydrogens (tertiary/aromatic N) is 2. The number of benzene rings is 2. The fraction of sp³-hybridized carbons (Fsp3) is 0.423. The normalized spacial score (nSPS) is 17.3. The van der Waals surface area contributed by atoms with E-state index >= 15 is 0 Å². The van der Waals surface area contributed by atoms with Gasteiger partial charge in [-0.3, -0.25) is 14.4 Å². The van der Waals surface area contributed by atoms with Gasteiger partial charge in [-0.15, -0.1) is 0 Å². The zero-order chi connectivity index (χ0) is 22.1. The first-order valence-electron chi connectivity index (χ1n) is 11.3. The van der Waals surface area contributed by atoms with Gasteiger partial charge in [0, 0.05) is 18.7 Å². The van der Waals surface area contributed by atoms with Crippen molar-refractivity contribution in [3.63, 3.8) is 0 Å². The van der Waals surface area contributed by atoms with Crippen LogP contribution in [-0.4, -0.2) is 35.7 Å². The molecule has 5 heteroatoms. The summed E-state index contributed by atoms with van der Waals surface area (Å²) in [6.07, 6.45) is 8.05. The molecule has 1 fully saturated rings. The first-order valence-corrected chi connectivity index (χ1v) is 11.3. The highest BCUT2D eigenvalue weighted by Gasteiger charge is 2.38. The Balaban J connectivity index is 1.61. The third kappa shape index (κ3) is 4.01. The zero-order valence-corrected chi connectivity index (χ0v) is 18.6. The Morgan fingerprint density at radius 1 is 0.871 bits per heavy atom. The van der Waals surface area contributed by atoms with Crippen LogP contribution in [0.4, 0.5) is 5.69 Å². The second-order valence-electron chi connectivity index (χ2n) is 8.91. The summed E-state index contributed by atoms with van der Waals surface area (Å²) in [5.41, 5.74) is 3.58. The molecular weight excluding hydrogens is 388 g/mol. The molecule has 0 bridgehead atoms. The quantitative estimate of drug-likeness (QED) is 0.637. The van der Waals surface area contributed by atoms with Gasteiger partial charge in [-0.2, -0.15) is 0 Å². The molecule has 1 aliphatic heterocycles. The largest absolute Gasteiger partial charge is 0.339 e. The molecule has 2 aliphatic rings. The molecule has 1 saturated carbocycles. The van der Waals surface area contributed by atoms with Crippen molar-refractivity contribution in [3.05, 3.63) is 64.2 Å². The van der Waals surface area contributed by atoms with Gasteiger partial charge in [-0.25, -0.2) is 4.90 Å². The van der Waals surface area contributed by atoms with Crippen molar-refractivity contribution in [1.82, 2.24) is 4.90 Å². The second-order valence-corrected chi connectivity index (χ2v) is 8.91. The highest BCUT2D eigenvalue weighted by Crippen LogP contribution is 2.32. The molecule has 4 rings (SSSR count). The SMILES string of the molecule is Cc1ccc(C)c(N2C(=O)c3ccc(C(=O)N(C)C4CCCCCCC4)cc3C2=O)c1. The number of anilines is 1. The van der Waals surface area contributed by atoms with Crippen LogP contribution >= 0.6 is 0 Å². The summed E-state index contributed by atoms with van der Waals surface area (Å²) in [4.78, 5) is 42.5. The summed E-state index contributed by atoms with van der Waals surface area (Å²) in [6, 6.07) is 10.9. The van der Waals surface area contributed by atoms with Crippen molar-refractivity contribution in [2.24, 2.45) is 0 Å². The molecule has 2 aromatic rings. The Bertz CT molecular complexity index is 1030. The summed E-state index contributed by atoms with van der Waals surface area (Å²) < 4.78 is 0. The Morgan fingerprint density at radius 2 is 1.52 bits per heavy atom. The highest BCUT2D eigenvalue weighted by atomic mass is 16.2. The molecule has 0 spiro atoms. The van der Waals surface area contributed by atoms with E-state index < -0.39 is 0 Å². The highest BCUT2D eigenvalue weighted by molar-refractivity contribution is 6.35. The lowest BCUT2D eigenvalue weighted by Crippen LogP contribution is -2.37. The fourth-order valence-corrected chi connectivity index (χ4v) is 4.74. The third-order valence-corrected chi connectivity index (χ3v) is 6.68. The van der Waals surface area contributed by atoms with E-state index in [0.29, 0.717) is 22.4 Å². The number of rotatable bonds is 3. The lowest BCUT2D eigenvalue weighted by molar-refractivity contribution is 0.0706. The molecule has 5 nitrogen and oxygen atoms in total. The van der Waals surface area contributed by atoms with E-state index in [2.05, 4.69) is 0 Å². The average Bonchev–Trinajstić information content (AvgIpc) is 2.98. The minimum atomic E-state index is -0.364. The molecule has 31 heavy (non-hydrogen) atoms. The summed E-state index contributed by atoms with van der Waals surface area (Å²) >= 11 is 0. The predicted molar refractivity (Wildman–Crippen MR) is 122 cm³/mol. The molecule has 3 amide bonds. The van der Waals surface area contributed by atoms with Crippen LogP contribution in [0, 0.1) is 13.8 Å². The Morgan fingerprint density at radius 3 is 2.23 bits per heavy atom. The Kier molecular flexibility index (Phi) is 5.94. The lowest BCUT2D eigenvalue weighted by Gasteiger charge is -2.30. The van der Waals surface area contributed by atoms with Gasteiger partial charge in [0.2, 0.25) is 0 Å². The van der Waals surface area contributed by atoms with Crippen molar-refractivity contribution in [3.8, 4) is 0 Å². The van der Waals surface area contributed by atoms with Crippen LogP contribution in [0.25, 0.3) is 0 Å². The second kappa shape index (κ2) is 8.66. The first-order chi connectivity index (χ1) is 14.9. The van der Waals surface area contributed by atoms with E-state index in [1.54, 1.807) is 18.2 Å². The third-order valence-electron chi connectivity index (χ3n) is 6.68. The molecule has 0 aromatic heterocycles. The Labute approximate surface area is 184 Å². The standard InChI is InChI=1S/C26H30N2O3/c1-17-11-12-18(2)23(15-17)28-25(30)21-14-13-19(16-22(21)26(28)31)24(29)27(3)20-9-7-5-4-6-8-10-20/h11-16,20H,4-10H2,1-3H3. The molecule has 0 N–H and O–H groups in total. The van der Waals surface area contributed by atoms with Gasteiger partial charge >= 0.3 is 0 Å². The molecule has 0 saturated heterocycles. The van der Waals surface area contributed by atoms with Gasteiger partial charge in [-0.05, 0) is 62.1 Å².